The lowest BCUT2D eigenvalue weighted by molar-refractivity contribution is 0.0739. The third-order valence-corrected chi connectivity index (χ3v) is 7.08. The van der Waals surface area contributed by atoms with Crippen LogP contribution in [-0.2, 0) is 0 Å². The van der Waals surface area contributed by atoms with Crippen molar-refractivity contribution in [3.05, 3.63) is 54.2 Å². The number of pyridine rings is 1. The number of carbonyl (C=O) groups is 1. The molecule has 3 saturated heterocycles. The zero-order valence-corrected chi connectivity index (χ0v) is 17.6. The smallest absolute Gasteiger partial charge is 0.253 e. The maximum absolute atomic E-state index is 13.1. The minimum atomic E-state index is 0.211. The van der Waals surface area contributed by atoms with Gasteiger partial charge in [0.15, 0.2) is 0 Å². The predicted molar refractivity (Wildman–Crippen MR) is 118 cm³/mol. The number of aromatic nitrogens is 1. The molecule has 30 heavy (non-hydrogen) atoms. The highest BCUT2D eigenvalue weighted by Gasteiger charge is 2.32. The van der Waals surface area contributed by atoms with Crippen LogP contribution in [0.15, 0.2) is 48.7 Å². The summed E-state index contributed by atoms with van der Waals surface area (Å²) in [7, 11) is 0. The molecule has 2 aromatic rings. The number of benzene rings is 1. The number of carbonyl (C=O) groups excluding carboxylic acids is 1. The van der Waals surface area contributed by atoms with Gasteiger partial charge in [-0.25, -0.2) is 4.98 Å². The number of amides is 1. The molecule has 1 atom stereocenters. The van der Waals surface area contributed by atoms with Crippen LogP contribution in [0, 0.1) is 17.8 Å². The Morgan fingerprint density at radius 1 is 0.933 bits per heavy atom. The highest BCUT2D eigenvalue weighted by molar-refractivity contribution is 5.94. The Morgan fingerprint density at radius 2 is 1.67 bits per heavy atom. The number of nitrogens with zero attached hydrogens (tertiary/aromatic N) is 3. The molecule has 1 aliphatic carbocycles. The summed E-state index contributed by atoms with van der Waals surface area (Å²) in [6, 6.07) is 14.0. The lowest BCUT2D eigenvalue weighted by Gasteiger charge is -2.23. The van der Waals surface area contributed by atoms with Crippen molar-refractivity contribution in [2.45, 2.75) is 32.1 Å². The first-order valence-electron chi connectivity index (χ1n) is 11.4. The molecule has 1 aromatic heterocycles. The second-order valence-electron chi connectivity index (χ2n) is 9.22. The lowest BCUT2D eigenvalue weighted by atomic mass is 9.84. The Morgan fingerprint density at radius 3 is 2.33 bits per heavy atom. The van der Waals surface area contributed by atoms with E-state index in [1.54, 1.807) is 6.20 Å². The van der Waals surface area contributed by atoms with Gasteiger partial charge in [-0.2, -0.15) is 0 Å². The molecule has 0 radical (unpaired) electrons. The zero-order valence-electron chi connectivity index (χ0n) is 17.6. The summed E-state index contributed by atoms with van der Waals surface area (Å²) in [5.41, 5.74) is 2.03. The van der Waals surface area contributed by atoms with Gasteiger partial charge in [0.25, 0.3) is 5.91 Å². The molecule has 0 spiro atoms. The van der Waals surface area contributed by atoms with Gasteiger partial charge in [-0.05, 0) is 74.3 Å². The predicted octanol–water partition coefficient (Wildman–Crippen LogP) is 4.25. The largest absolute Gasteiger partial charge is 0.477 e. The van der Waals surface area contributed by atoms with Gasteiger partial charge < -0.3 is 14.5 Å². The summed E-state index contributed by atoms with van der Waals surface area (Å²) >= 11 is 0. The third kappa shape index (κ3) is 4.30. The highest BCUT2D eigenvalue weighted by Crippen LogP contribution is 2.34. The van der Waals surface area contributed by atoms with Gasteiger partial charge in [0.1, 0.15) is 0 Å². The molecule has 0 N–H and O–H groups in total. The first-order chi connectivity index (χ1) is 14.7. The monoisotopic (exact) mass is 405 g/mol. The van der Waals surface area contributed by atoms with Crippen LogP contribution in [0.4, 0.5) is 5.69 Å². The molecule has 1 unspecified atom stereocenters. The minimum Gasteiger partial charge on any atom is -0.477 e. The van der Waals surface area contributed by atoms with Crippen molar-refractivity contribution in [3.63, 3.8) is 0 Å². The van der Waals surface area contributed by atoms with Gasteiger partial charge in [-0.15, -0.1) is 0 Å². The molecule has 5 nitrogen and oxygen atoms in total. The molecule has 1 aromatic carbocycles. The summed E-state index contributed by atoms with van der Waals surface area (Å²) in [6.07, 6.45) is 8.07. The number of hydrogen-bond donors (Lipinski definition) is 0. The van der Waals surface area contributed by atoms with Gasteiger partial charge in [0, 0.05) is 55.6 Å². The van der Waals surface area contributed by atoms with Crippen molar-refractivity contribution in [3.8, 4) is 5.88 Å². The maximum atomic E-state index is 13.1. The molecule has 2 bridgehead atoms. The summed E-state index contributed by atoms with van der Waals surface area (Å²) in [5, 5.41) is 0. The lowest BCUT2D eigenvalue weighted by Crippen LogP contribution is -2.34. The molecule has 4 fully saturated rings. The van der Waals surface area contributed by atoms with E-state index in [0.717, 1.165) is 38.2 Å². The van der Waals surface area contributed by atoms with E-state index in [0.29, 0.717) is 30.2 Å². The van der Waals surface area contributed by atoms with Gasteiger partial charge in [0.2, 0.25) is 5.88 Å². The van der Waals surface area contributed by atoms with E-state index in [1.807, 2.05) is 30.3 Å². The van der Waals surface area contributed by atoms with Crippen LogP contribution in [-0.4, -0.2) is 48.6 Å². The Bertz CT molecular complexity index is 832. The fourth-order valence-corrected chi connectivity index (χ4v) is 5.30. The molecule has 158 valence electrons. The molecule has 1 saturated carbocycles. The summed E-state index contributed by atoms with van der Waals surface area (Å²) in [6.45, 7) is 4.60. The maximum Gasteiger partial charge on any atom is 0.253 e. The van der Waals surface area contributed by atoms with E-state index in [9.17, 15) is 4.79 Å². The molecular weight excluding hydrogens is 374 g/mol. The normalized spacial score (nSPS) is 25.9. The quantitative estimate of drug-likeness (QED) is 0.746. The Labute approximate surface area is 179 Å². The van der Waals surface area contributed by atoms with Crippen LogP contribution in [0.5, 0.6) is 5.88 Å². The van der Waals surface area contributed by atoms with Gasteiger partial charge in [-0.1, -0.05) is 6.07 Å². The molecule has 4 aliphatic rings. The minimum absolute atomic E-state index is 0.211. The first kappa shape index (κ1) is 19.4. The van der Waals surface area contributed by atoms with Crippen LogP contribution in [0.3, 0.4) is 0 Å². The van der Waals surface area contributed by atoms with Gasteiger partial charge in [0.05, 0.1) is 6.61 Å². The molecule has 5 heteroatoms. The Balaban J connectivity index is 1.17. The topological polar surface area (TPSA) is 45.7 Å². The average Bonchev–Trinajstić information content (AvgIpc) is 3.07. The summed E-state index contributed by atoms with van der Waals surface area (Å²) < 4.78 is 5.84. The van der Waals surface area contributed by atoms with Gasteiger partial charge in [-0.3, -0.25) is 4.79 Å². The van der Waals surface area contributed by atoms with Crippen molar-refractivity contribution < 1.29 is 9.53 Å². The van der Waals surface area contributed by atoms with Gasteiger partial charge >= 0.3 is 0 Å². The van der Waals surface area contributed by atoms with Crippen molar-refractivity contribution >= 4 is 11.6 Å². The third-order valence-electron chi connectivity index (χ3n) is 7.08. The number of fused-ring (bicyclic) bond motifs is 4. The van der Waals surface area contributed by atoms with Crippen molar-refractivity contribution in [2.75, 3.05) is 37.7 Å². The van der Waals surface area contributed by atoms with Crippen molar-refractivity contribution in [2.24, 2.45) is 17.8 Å². The van der Waals surface area contributed by atoms with E-state index >= 15 is 0 Å². The van der Waals surface area contributed by atoms with E-state index in [2.05, 4.69) is 26.9 Å². The summed E-state index contributed by atoms with van der Waals surface area (Å²) in [5.74, 6) is 2.83. The van der Waals surface area contributed by atoms with Crippen LogP contribution < -0.4 is 9.64 Å². The molecular formula is C25H31N3O2. The second-order valence-corrected chi connectivity index (χ2v) is 9.22. The van der Waals surface area contributed by atoms with E-state index < -0.39 is 0 Å². The molecule has 4 heterocycles. The number of rotatable bonds is 5. The van der Waals surface area contributed by atoms with E-state index in [1.165, 1.54) is 31.4 Å². The van der Waals surface area contributed by atoms with E-state index in [-0.39, 0.29) is 5.91 Å². The van der Waals surface area contributed by atoms with Crippen molar-refractivity contribution in [1.82, 2.24) is 9.88 Å². The van der Waals surface area contributed by atoms with Crippen LogP contribution in [0.2, 0.25) is 0 Å². The first-order valence-corrected chi connectivity index (χ1v) is 11.4. The number of anilines is 1. The number of hydrogen-bond acceptors (Lipinski definition) is 4. The van der Waals surface area contributed by atoms with Crippen LogP contribution in [0.1, 0.15) is 42.5 Å². The summed E-state index contributed by atoms with van der Waals surface area (Å²) in [4.78, 5) is 21.8. The standard InChI is InChI=1S/C25H31N3O2/c29-25(28-15-19-4-5-20(16-28)7-6-19)22-8-10-23(11-9-22)27-14-12-21(17-27)18-30-24-3-1-2-13-26-24/h1-3,8-11,13,19-21H,4-7,12,14-18H2. The molecule has 6 rings (SSSR count). The average molecular weight is 406 g/mol. The number of ether oxygens (including phenoxy) is 1. The fourth-order valence-electron chi connectivity index (χ4n) is 5.30. The zero-order chi connectivity index (χ0) is 20.3. The van der Waals surface area contributed by atoms with E-state index in [4.69, 9.17) is 4.74 Å². The SMILES string of the molecule is O=C(c1ccc(N2CCC(COc3ccccn3)C2)cc1)N1CC2CCC(CC2)C1. The highest BCUT2D eigenvalue weighted by atomic mass is 16.5. The fraction of sp³-hybridized carbons (Fsp3) is 0.520. The second kappa shape index (κ2) is 8.66. The van der Waals surface area contributed by atoms with Crippen LogP contribution in [0.25, 0.3) is 0 Å². The Kier molecular flexibility index (Phi) is 5.60. The van der Waals surface area contributed by atoms with Crippen molar-refractivity contribution in [1.29, 1.82) is 0 Å². The molecule has 1 amide bonds. The van der Waals surface area contributed by atoms with Crippen LogP contribution >= 0.6 is 0 Å². The molecule has 3 aliphatic heterocycles. The Hall–Kier alpha value is -2.56.